The van der Waals surface area contributed by atoms with Crippen LogP contribution in [0.5, 0.6) is 0 Å². The lowest BCUT2D eigenvalue weighted by Gasteiger charge is -2.10. The number of halogens is 1. The molecule has 1 rings (SSSR count). The first-order valence-corrected chi connectivity index (χ1v) is 5.61. The van der Waals surface area contributed by atoms with Gasteiger partial charge < -0.3 is 5.32 Å². The van der Waals surface area contributed by atoms with Crippen molar-refractivity contribution in [3.63, 3.8) is 0 Å². The Morgan fingerprint density at radius 1 is 1.50 bits per heavy atom. The van der Waals surface area contributed by atoms with Crippen molar-refractivity contribution in [2.45, 2.75) is 19.8 Å². The highest BCUT2D eigenvalue weighted by atomic mass is 35.5. The summed E-state index contributed by atoms with van der Waals surface area (Å²) in [5, 5.41) is 3.70. The summed E-state index contributed by atoms with van der Waals surface area (Å²) in [5.41, 5.74) is 3.32. The van der Waals surface area contributed by atoms with Gasteiger partial charge in [0.2, 0.25) is 0 Å². The second-order valence-electron chi connectivity index (χ2n) is 3.44. The largest absolute Gasteiger partial charge is 0.384 e. The van der Waals surface area contributed by atoms with Gasteiger partial charge in [-0.05, 0) is 24.6 Å². The number of carbonyl (C=O) groups excluding carboxylic acids is 1. The van der Waals surface area contributed by atoms with Gasteiger partial charge in [-0.3, -0.25) is 10.2 Å². The molecule has 5 heteroatoms. The van der Waals surface area contributed by atoms with Gasteiger partial charge >= 0.3 is 0 Å². The van der Waals surface area contributed by atoms with E-state index in [-0.39, 0.29) is 5.91 Å². The third kappa shape index (κ3) is 3.40. The molecule has 0 atom stereocenters. The Morgan fingerprint density at radius 2 is 2.25 bits per heavy atom. The third-order valence-electron chi connectivity index (χ3n) is 2.20. The first-order valence-electron chi connectivity index (χ1n) is 5.23. The molecule has 1 aromatic carbocycles. The summed E-state index contributed by atoms with van der Waals surface area (Å²) in [6.45, 7) is 2.93. The lowest BCUT2D eigenvalue weighted by molar-refractivity contribution is 0.0954. The van der Waals surface area contributed by atoms with Gasteiger partial charge in [0.05, 0.1) is 5.56 Å². The number of hydrogen-bond donors (Lipinski definition) is 3. The number of unbranched alkanes of at least 4 members (excludes halogenated alkanes) is 1. The summed E-state index contributed by atoms with van der Waals surface area (Å²) in [6.07, 6.45) is 2.14. The van der Waals surface area contributed by atoms with Crippen molar-refractivity contribution < 1.29 is 4.79 Å². The van der Waals surface area contributed by atoms with E-state index in [1.807, 2.05) is 0 Å². The topological polar surface area (TPSA) is 67.2 Å². The molecule has 0 aliphatic carbocycles. The lowest BCUT2D eigenvalue weighted by Crippen LogP contribution is -2.30. The molecule has 88 valence electrons. The molecular formula is C11H16ClN3O. The molecule has 0 spiro atoms. The van der Waals surface area contributed by atoms with Crippen LogP contribution in [0.1, 0.15) is 30.1 Å². The zero-order valence-electron chi connectivity index (χ0n) is 9.22. The third-order valence-corrected chi connectivity index (χ3v) is 2.44. The quantitative estimate of drug-likeness (QED) is 0.320. The summed E-state index contributed by atoms with van der Waals surface area (Å²) >= 11 is 5.83. The SMILES string of the molecule is CCCCNc1ccc(Cl)cc1C(=O)NN. The average molecular weight is 242 g/mol. The summed E-state index contributed by atoms with van der Waals surface area (Å²) in [6, 6.07) is 5.11. The zero-order valence-corrected chi connectivity index (χ0v) is 9.97. The van der Waals surface area contributed by atoms with E-state index < -0.39 is 0 Å². The Morgan fingerprint density at radius 3 is 2.88 bits per heavy atom. The average Bonchev–Trinajstić information content (AvgIpc) is 2.30. The second-order valence-corrected chi connectivity index (χ2v) is 3.88. The van der Waals surface area contributed by atoms with Crippen molar-refractivity contribution in [2.75, 3.05) is 11.9 Å². The smallest absolute Gasteiger partial charge is 0.267 e. The van der Waals surface area contributed by atoms with Crippen LogP contribution in [0.15, 0.2) is 18.2 Å². The standard InChI is InChI=1S/C11H16ClN3O/c1-2-3-6-14-10-5-4-8(12)7-9(10)11(16)15-13/h4-5,7,14H,2-3,6,13H2,1H3,(H,15,16). The van der Waals surface area contributed by atoms with Gasteiger partial charge in [-0.1, -0.05) is 24.9 Å². The Kier molecular flexibility index (Phi) is 5.08. The number of rotatable bonds is 5. The number of nitrogen functional groups attached to an aromatic ring is 1. The van der Waals surface area contributed by atoms with E-state index in [0.717, 1.165) is 25.1 Å². The normalized spacial score (nSPS) is 9.94. The van der Waals surface area contributed by atoms with E-state index in [0.29, 0.717) is 10.6 Å². The van der Waals surface area contributed by atoms with Crippen LogP contribution in [0, 0.1) is 0 Å². The van der Waals surface area contributed by atoms with Gasteiger partial charge in [-0.15, -0.1) is 0 Å². The fraction of sp³-hybridized carbons (Fsp3) is 0.364. The van der Waals surface area contributed by atoms with Gasteiger partial charge in [-0.2, -0.15) is 0 Å². The van der Waals surface area contributed by atoms with E-state index in [1.165, 1.54) is 0 Å². The van der Waals surface area contributed by atoms with E-state index >= 15 is 0 Å². The molecule has 0 heterocycles. The van der Waals surface area contributed by atoms with Crippen molar-refractivity contribution in [3.8, 4) is 0 Å². The summed E-state index contributed by atoms with van der Waals surface area (Å²) < 4.78 is 0. The first-order chi connectivity index (χ1) is 7.69. The van der Waals surface area contributed by atoms with Crippen LogP contribution in [-0.4, -0.2) is 12.5 Å². The van der Waals surface area contributed by atoms with E-state index in [1.54, 1.807) is 18.2 Å². The Bertz CT molecular complexity index is 368. The number of carbonyl (C=O) groups is 1. The fourth-order valence-electron chi connectivity index (χ4n) is 1.34. The number of hydrogen-bond acceptors (Lipinski definition) is 3. The van der Waals surface area contributed by atoms with Crippen molar-refractivity contribution in [2.24, 2.45) is 5.84 Å². The molecule has 0 aromatic heterocycles. The minimum Gasteiger partial charge on any atom is -0.384 e. The highest BCUT2D eigenvalue weighted by Gasteiger charge is 2.10. The predicted molar refractivity (Wildman–Crippen MR) is 66.5 cm³/mol. The summed E-state index contributed by atoms with van der Waals surface area (Å²) in [5.74, 6) is 4.76. The molecule has 0 bridgehead atoms. The Balaban J connectivity index is 2.85. The van der Waals surface area contributed by atoms with Crippen LogP contribution >= 0.6 is 11.6 Å². The highest BCUT2D eigenvalue weighted by Crippen LogP contribution is 2.20. The first kappa shape index (κ1) is 12.8. The second kappa shape index (κ2) is 6.35. The summed E-state index contributed by atoms with van der Waals surface area (Å²) in [7, 11) is 0. The van der Waals surface area contributed by atoms with E-state index in [4.69, 9.17) is 17.4 Å². The minimum absolute atomic E-state index is 0.346. The van der Waals surface area contributed by atoms with Crippen molar-refractivity contribution >= 4 is 23.2 Å². The van der Waals surface area contributed by atoms with Crippen LogP contribution in [0.3, 0.4) is 0 Å². The number of benzene rings is 1. The number of hydrazine groups is 1. The molecule has 0 aliphatic rings. The molecule has 0 unspecified atom stereocenters. The molecule has 0 fully saturated rings. The molecule has 0 aliphatic heterocycles. The van der Waals surface area contributed by atoms with Crippen molar-refractivity contribution in [1.82, 2.24) is 5.43 Å². The molecule has 16 heavy (non-hydrogen) atoms. The van der Waals surface area contributed by atoms with Gasteiger partial charge in [0, 0.05) is 17.3 Å². The summed E-state index contributed by atoms with van der Waals surface area (Å²) in [4.78, 5) is 11.5. The Hall–Kier alpha value is -1.26. The molecule has 1 aromatic rings. The monoisotopic (exact) mass is 241 g/mol. The maximum absolute atomic E-state index is 11.5. The molecule has 0 saturated heterocycles. The van der Waals surface area contributed by atoms with Crippen LogP contribution < -0.4 is 16.6 Å². The molecule has 4 nitrogen and oxygen atoms in total. The number of anilines is 1. The molecular weight excluding hydrogens is 226 g/mol. The molecule has 0 radical (unpaired) electrons. The number of nitrogens with two attached hydrogens (primary N) is 1. The predicted octanol–water partition coefficient (Wildman–Crippen LogP) is 2.16. The fourth-order valence-corrected chi connectivity index (χ4v) is 1.51. The van der Waals surface area contributed by atoms with Crippen LogP contribution in [-0.2, 0) is 0 Å². The van der Waals surface area contributed by atoms with Crippen LogP contribution in [0.4, 0.5) is 5.69 Å². The number of amides is 1. The van der Waals surface area contributed by atoms with Crippen molar-refractivity contribution in [1.29, 1.82) is 0 Å². The zero-order chi connectivity index (χ0) is 12.0. The minimum atomic E-state index is -0.346. The number of nitrogens with one attached hydrogen (secondary N) is 2. The molecule has 4 N–H and O–H groups in total. The lowest BCUT2D eigenvalue weighted by atomic mass is 10.1. The van der Waals surface area contributed by atoms with Gasteiger partial charge in [0.1, 0.15) is 0 Å². The maximum Gasteiger partial charge on any atom is 0.267 e. The van der Waals surface area contributed by atoms with Gasteiger partial charge in [0.25, 0.3) is 5.91 Å². The van der Waals surface area contributed by atoms with Gasteiger partial charge in [-0.25, -0.2) is 5.84 Å². The highest BCUT2D eigenvalue weighted by molar-refractivity contribution is 6.31. The molecule has 0 saturated carbocycles. The Labute approximate surface area is 100 Å². The maximum atomic E-state index is 11.5. The van der Waals surface area contributed by atoms with Crippen molar-refractivity contribution in [3.05, 3.63) is 28.8 Å². The van der Waals surface area contributed by atoms with E-state index in [9.17, 15) is 4.79 Å². The van der Waals surface area contributed by atoms with Crippen LogP contribution in [0.25, 0.3) is 0 Å². The van der Waals surface area contributed by atoms with Crippen LogP contribution in [0.2, 0.25) is 5.02 Å². The van der Waals surface area contributed by atoms with E-state index in [2.05, 4.69) is 17.7 Å². The van der Waals surface area contributed by atoms with Gasteiger partial charge in [0.15, 0.2) is 0 Å². The molecule has 1 amide bonds.